The molecule has 1 aliphatic rings. The van der Waals surface area contributed by atoms with E-state index in [0.717, 1.165) is 67.1 Å². The maximum atomic E-state index is 13.2. The summed E-state index contributed by atoms with van der Waals surface area (Å²) in [5, 5.41) is 2.40. The molecule has 194 valence electrons. The lowest BCUT2D eigenvalue weighted by molar-refractivity contribution is -0.137. The third-order valence-electron chi connectivity index (χ3n) is 5.96. The fourth-order valence-corrected chi connectivity index (χ4v) is 5.09. The van der Waals surface area contributed by atoms with E-state index < -0.39 is 17.0 Å². The van der Waals surface area contributed by atoms with Crippen molar-refractivity contribution in [2.24, 2.45) is 4.99 Å². The maximum Gasteiger partial charge on any atom is 0.416 e. The third-order valence-corrected chi connectivity index (χ3v) is 7.14. The van der Waals surface area contributed by atoms with E-state index >= 15 is 0 Å². The number of benzene rings is 2. The van der Waals surface area contributed by atoms with Crippen molar-refractivity contribution >= 4 is 40.1 Å². The molecule has 1 heterocycles. The molecule has 2 amide bonds. The smallest absolute Gasteiger partial charge is 0.325 e. The molecule has 1 atom stereocenters. The number of carbonyl (C=O) groups is 2. The van der Waals surface area contributed by atoms with E-state index in [2.05, 4.69) is 17.2 Å². The molecule has 2 aromatic rings. The number of unbranched alkanes of at least 4 members (excludes halogenated alkanes) is 4. The van der Waals surface area contributed by atoms with Gasteiger partial charge in [-0.1, -0.05) is 68.1 Å². The highest BCUT2D eigenvalue weighted by atomic mass is 32.2. The number of amidine groups is 1. The summed E-state index contributed by atoms with van der Waals surface area (Å²) in [6, 6.07) is 10.4. The molecule has 1 N–H and O–H groups in total. The minimum Gasteiger partial charge on any atom is -0.325 e. The number of nitrogens with zero attached hydrogens (tertiary/aromatic N) is 2. The molecular formula is C27H32F3N3O2S. The molecule has 9 heteroatoms. The predicted molar refractivity (Wildman–Crippen MR) is 140 cm³/mol. The van der Waals surface area contributed by atoms with Gasteiger partial charge in [-0.15, -0.1) is 0 Å². The number of thioether (sulfide) groups is 1. The number of aryl methyl sites for hydroxylation is 2. The van der Waals surface area contributed by atoms with Crippen LogP contribution in [0.2, 0.25) is 0 Å². The number of anilines is 1. The van der Waals surface area contributed by atoms with Crippen molar-refractivity contribution < 1.29 is 22.8 Å². The van der Waals surface area contributed by atoms with Gasteiger partial charge in [0.1, 0.15) is 5.25 Å². The Morgan fingerprint density at radius 3 is 2.56 bits per heavy atom. The van der Waals surface area contributed by atoms with Gasteiger partial charge in [0, 0.05) is 18.7 Å². The number of hydrogen-bond acceptors (Lipinski definition) is 4. The average molecular weight is 520 g/mol. The Kier molecular flexibility index (Phi) is 9.59. The summed E-state index contributed by atoms with van der Waals surface area (Å²) < 4.78 is 39.6. The highest BCUT2D eigenvalue weighted by Crippen LogP contribution is 2.34. The first kappa shape index (κ1) is 27.8. The number of carbonyl (C=O) groups excluding carboxylic acids is 2. The zero-order chi connectivity index (χ0) is 26.3. The second-order valence-electron chi connectivity index (χ2n) is 9.02. The summed E-state index contributed by atoms with van der Waals surface area (Å²) >= 11 is 1.12. The van der Waals surface area contributed by atoms with Crippen LogP contribution in [-0.4, -0.2) is 33.7 Å². The molecule has 0 saturated carbocycles. The van der Waals surface area contributed by atoms with Crippen LogP contribution in [0, 0.1) is 13.8 Å². The van der Waals surface area contributed by atoms with E-state index in [-0.39, 0.29) is 29.1 Å². The first-order valence-corrected chi connectivity index (χ1v) is 13.1. The predicted octanol–water partition coefficient (Wildman–Crippen LogP) is 7.25. The molecule has 1 saturated heterocycles. The second kappa shape index (κ2) is 12.4. The van der Waals surface area contributed by atoms with Crippen LogP contribution in [0.25, 0.3) is 0 Å². The Balaban J connectivity index is 1.84. The first-order chi connectivity index (χ1) is 17.1. The number of halogens is 3. The summed E-state index contributed by atoms with van der Waals surface area (Å²) in [4.78, 5) is 32.1. The van der Waals surface area contributed by atoms with Crippen LogP contribution in [0.3, 0.4) is 0 Å². The van der Waals surface area contributed by atoms with Crippen LogP contribution in [0.5, 0.6) is 0 Å². The molecule has 3 rings (SSSR count). The summed E-state index contributed by atoms with van der Waals surface area (Å²) in [5.41, 5.74) is 1.91. The van der Waals surface area contributed by atoms with Crippen molar-refractivity contribution in [3.8, 4) is 0 Å². The fourth-order valence-electron chi connectivity index (χ4n) is 3.96. The largest absolute Gasteiger partial charge is 0.416 e. The monoisotopic (exact) mass is 519 g/mol. The molecule has 0 bridgehead atoms. The number of nitrogens with one attached hydrogen (secondary N) is 1. The Hall–Kier alpha value is -2.81. The van der Waals surface area contributed by atoms with Gasteiger partial charge in [-0.2, -0.15) is 13.2 Å². The van der Waals surface area contributed by atoms with E-state index in [1.165, 1.54) is 17.0 Å². The van der Waals surface area contributed by atoms with Crippen molar-refractivity contribution in [1.29, 1.82) is 0 Å². The van der Waals surface area contributed by atoms with Crippen LogP contribution >= 0.6 is 11.8 Å². The van der Waals surface area contributed by atoms with Crippen molar-refractivity contribution in [2.75, 3.05) is 11.9 Å². The standard InChI is InChI=1S/C27H32F3N3O2S/c1-4-5-6-7-8-14-33-24(34)17-23(25(35)32-22-13-12-18(2)15-19(22)3)36-26(33)31-21-11-9-10-20(16-21)27(28,29)30/h9-13,15-16,23H,4-8,14,17H2,1-3H3,(H,32,35). The SMILES string of the molecule is CCCCCCCN1C(=O)CC(C(=O)Nc2ccc(C)cc2C)SC1=Nc1cccc(C(F)(F)F)c1. The summed E-state index contributed by atoms with van der Waals surface area (Å²) in [6.45, 7) is 6.39. The Morgan fingerprint density at radius 1 is 1.11 bits per heavy atom. The zero-order valence-corrected chi connectivity index (χ0v) is 21.6. The van der Waals surface area contributed by atoms with Gasteiger partial charge in [0.15, 0.2) is 5.17 Å². The molecular weight excluding hydrogens is 487 g/mol. The number of hydrogen-bond donors (Lipinski definition) is 1. The molecule has 0 aromatic heterocycles. The average Bonchev–Trinajstić information content (AvgIpc) is 2.81. The van der Waals surface area contributed by atoms with Gasteiger partial charge >= 0.3 is 6.18 Å². The second-order valence-corrected chi connectivity index (χ2v) is 10.2. The van der Waals surface area contributed by atoms with Gasteiger partial charge in [0.25, 0.3) is 0 Å². The molecule has 1 fully saturated rings. The van der Waals surface area contributed by atoms with Gasteiger partial charge in [-0.25, -0.2) is 4.99 Å². The molecule has 0 aliphatic carbocycles. The topological polar surface area (TPSA) is 61.8 Å². The molecule has 1 aliphatic heterocycles. The Bertz CT molecular complexity index is 1120. The van der Waals surface area contributed by atoms with Gasteiger partial charge in [0.05, 0.1) is 11.3 Å². The summed E-state index contributed by atoms with van der Waals surface area (Å²) in [7, 11) is 0. The third kappa shape index (κ3) is 7.59. The number of rotatable bonds is 9. The summed E-state index contributed by atoms with van der Waals surface area (Å²) in [6.07, 6.45) is 0.444. The molecule has 2 aromatic carbocycles. The molecule has 0 spiro atoms. The molecule has 0 radical (unpaired) electrons. The van der Waals surface area contributed by atoms with Crippen molar-refractivity contribution in [3.05, 3.63) is 59.2 Å². The fraction of sp³-hybridized carbons (Fsp3) is 0.444. The number of amides is 2. The highest BCUT2D eigenvalue weighted by Gasteiger charge is 2.36. The van der Waals surface area contributed by atoms with E-state index in [9.17, 15) is 22.8 Å². The quantitative estimate of drug-likeness (QED) is 0.355. The van der Waals surface area contributed by atoms with Crippen molar-refractivity contribution in [3.63, 3.8) is 0 Å². The van der Waals surface area contributed by atoms with E-state index in [4.69, 9.17) is 0 Å². The van der Waals surface area contributed by atoms with Gasteiger partial charge in [-0.3, -0.25) is 14.5 Å². The minimum absolute atomic E-state index is 0.00200. The lowest BCUT2D eigenvalue weighted by atomic mass is 10.1. The maximum absolute atomic E-state index is 13.2. The van der Waals surface area contributed by atoms with Crippen molar-refractivity contribution in [2.45, 2.75) is 70.7 Å². The molecule has 5 nitrogen and oxygen atoms in total. The Labute approximate surface area is 214 Å². The van der Waals surface area contributed by atoms with E-state index in [0.29, 0.717) is 12.2 Å². The molecule has 1 unspecified atom stereocenters. The van der Waals surface area contributed by atoms with E-state index in [1.807, 2.05) is 32.0 Å². The lowest BCUT2D eigenvalue weighted by Gasteiger charge is -2.32. The van der Waals surface area contributed by atoms with Gasteiger partial charge in [-0.05, 0) is 50.1 Å². The van der Waals surface area contributed by atoms with Gasteiger partial charge in [0.2, 0.25) is 11.8 Å². The highest BCUT2D eigenvalue weighted by molar-refractivity contribution is 8.15. The minimum atomic E-state index is -4.50. The number of aliphatic imine (C=N–C) groups is 1. The van der Waals surface area contributed by atoms with Crippen LogP contribution in [0.15, 0.2) is 47.5 Å². The lowest BCUT2D eigenvalue weighted by Crippen LogP contribution is -2.45. The van der Waals surface area contributed by atoms with E-state index in [1.54, 1.807) is 0 Å². The summed E-state index contributed by atoms with van der Waals surface area (Å²) in [5.74, 6) is -0.588. The normalized spacial score (nSPS) is 17.5. The molecule has 36 heavy (non-hydrogen) atoms. The van der Waals surface area contributed by atoms with Gasteiger partial charge < -0.3 is 5.32 Å². The first-order valence-electron chi connectivity index (χ1n) is 12.2. The van der Waals surface area contributed by atoms with Crippen LogP contribution in [0.1, 0.15) is 62.1 Å². The van der Waals surface area contributed by atoms with Crippen LogP contribution < -0.4 is 5.32 Å². The van der Waals surface area contributed by atoms with Crippen LogP contribution in [-0.2, 0) is 15.8 Å². The van der Waals surface area contributed by atoms with Crippen LogP contribution in [0.4, 0.5) is 24.5 Å². The Morgan fingerprint density at radius 2 is 1.86 bits per heavy atom. The number of alkyl halides is 3. The van der Waals surface area contributed by atoms with Crippen molar-refractivity contribution in [1.82, 2.24) is 4.90 Å². The zero-order valence-electron chi connectivity index (χ0n) is 20.8.